The van der Waals surface area contributed by atoms with Crippen molar-refractivity contribution in [1.29, 1.82) is 0 Å². The fourth-order valence-corrected chi connectivity index (χ4v) is 3.96. The quantitative estimate of drug-likeness (QED) is 0.233. The monoisotopic (exact) mass is 458 g/mol. The zero-order valence-electron chi connectivity index (χ0n) is 18.8. The van der Waals surface area contributed by atoms with E-state index in [2.05, 4.69) is 16.8 Å². The van der Waals surface area contributed by atoms with Crippen LogP contribution in [0.5, 0.6) is 5.75 Å². The SMILES string of the molecule is CCCCc1nc2ccc(NC(N)=O)cc2n1Cc1ccc(-c2ccccc2OC(=O)O)cc1. The van der Waals surface area contributed by atoms with Gasteiger partial charge in [0, 0.05) is 24.2 Å². The first kappa shape index (κ1) is 22.8. The summed E-state index contributed by atoms with van der Waals surface area (Å²) in [6.07, 6.45) is 1.59. The Morgan fingerprint density at radius 1 is 1.09 bits per heavy atom. The van der Waals surface area contributed by atoms with E-state index in [-0.39, 0.29) is 0 Å². The third-order valence-electron chi connectivity index (χ3n) is 5.54. The third kappa shape index (κ3) is 5.17. The molecule has 34 heavy (non-hydrogen) atoms. The lowest BCUT2D eigenvalue weighted by Crippen LogP contribution is -2.19. The molecule has 0 saturated carbocycles. The van der Waals surface area contributed by atoms with E-state index < -0.39 is 12.2 Å². The number of nitrogens with one attached hydrogen (secondary N) is 1. The number of hydrogen-bond donors (Lipinski definition) is 3. The minimum Gasteiger partial charge on any atom is -0.449 e. The number of carboxylic acid groups (broad SMARTS) is 1. The van der Waals surface area contributed by atoms with Crippen molar-refractivity contribution in [2.75, 3.05) is 5.32 Å². The molecule has 0 radical (unpaired) electrons. The Kier molecular flexibility index (Phi) is 6.77. The van der Waals surface area contributed by atoms with Gasteiger partial charge in [-0.1, -0.05) is 55.8 Å². The van der Waals surface area contributed by atoms with Crippen molar-refractivity contribution in [3.05, 3.63) is 78.1 Å². The number of aryl methyl sites for hydroxylation is 1. The molecule has 174 valence electrons. The first-order valence-corrected chi connectivity index (χ1v) is 11.1. The van der Waals surface area contributed by atoms with Crippen molar-refractivity contribution in [2.45, 2.75) is 32.7 Å². The number of aromatic nitrogens is 2. The van der Waals surface area contributed by atoms with Gasteiger partial charge >= 0.3 is 12.2 Å². The molecule has 1 aromatic heterocycles. The number of rotatable bonds is 8. The van der Waals surface area contributed by atoms with Gasteiger partial charge in [-0.2, -0.15) is 0 Å². The highest BCUT2D eigenvalue weighted by Gasteiger charge is 2.13. The van der Waals surface area contributed by atoms with E-state index in [4.69, 9.17) is 20.6 Å². The number of anilines is 1. The van der Waals surface area contributed by atoms with Crippen LogP contribution in [0.25, 0.3) is 22.2 Å². The van der Waals surface area contributed by atoms with Crippen LogP contribution in [-0.2, 0) is 13.0 Å². The predicted octanol–water partition coefficient (Wildman–Crippen LogP) is 5.64. The lowest BCUT2D eigenvalue weighted by molar-refractivity contribution is 0.144. The number of nitrogens with zero attached hydrogens (tertiary/aromatic N) is 2. The molecule has 0 fully saturated rings. The summed E-state index contributed by atoms with van der Waals surface area (Å²) in [6, 6.07) is 19.9. The normalized spacial score (nSPS) is 10.9. The number of nitrogens with two attached hydrogens (primary N) is 1. The van der Waals surface area contributed by atoms with E-state index in [0.717, 1.165) is 47.2 Å². The molecule has 4 N–H and O–H groups in total. The van der Waals surface area contributed by atoms with Crippen LogP contribution < -0.4 is 15.8 Å². The molecule has 8 heteroatoms. The standard InChI is InChI=1S/C26H26N4O4/c1-2-3-8-24-29-21-14-13-19(28-25(27)31)15-22(21)30(24)16-17-9-11-18(12-10-17)20-6-4-5-7-23(20)34-26(32)33/h4-7,9-15H,2-3,8,16H2,1H3,(H,32,33)(H3,27,28,31). The van der Waals surface area contributed by atoms with Crippen molar-refractivity contribution in [3.8, 4) is 16.9 Å². The van der Waals surface area contributed by atoms with E-state index in [1.807, 2.05) is 48.5 Å². The van der Waals surface area contributed by atoms with Crippen molar-refractivity contribution in [3.63, 3.8) is 0 Å². The number of para-hydroxylation sites is 1. The maximum absolute atomic E-state index is 11.3. The highest BCUT2D eigenvalue weighted by molar-refractivity contribution is 5.91. The second-order valence-corrected chi connectivity index (χ2v) is 7.97. The average molecular weight is 459 g/mol. The summed E-state index contributed by atoms with van der Waals surface area (Å²) in [5, 5.41) is 11.6. The van der Waals surface area contributed by atoms with Crippen LogP contribution in [0.2, 0.25) is 0 Å². The summed E-state index contributed by atoms with van der Waals surface area (Å²) < 4.78 is 7.08. The Morgan fingerprint density at radius 2 is 1.85 bits per heavy atom. The molecule has 0 spiro atoms. The molecular formula is C26H26N4O4. The van der Waals surface area contributed by atoms with Crippen LogP contribution in [0.3, 0.4) is 0 Å². The van der Waals surface area contributed by atoms with Crippen molar-refractivity contribution in [1.82, 2.24) is 9.55 Å². The zero-order valence-corrected chi connectivity index (χ0v) is 18.8. The molecule has 0 aliphatic rings. The molecule has 0 bridgehead atoms. The number of fused-ring (bicyclic) bond motifs is 1. The molecular weight excluding hydrogens is 432 g/mol. The fraction of sp³-hybridized carbons (Fsp3) is 0.192. The van der Waals surface area contributed by atoms with E-state index in [1.165, 1.54) is 0 Å². The van der Waals surface area contributed by atoms with Gasteiger partial charge in [-0.3, -0.25) is 0 Å². The molecule has 2 amide bonds. The van der Waals surface area contributed by atoms with Gasteiger partial charge in [0.05, 0.1) is 11.0 Å². The van der Waals surface area contributed by atoms with E-state index >= 15 is 0 Å². The summed E-state index contributed by atoms with van der Waals surface area (Å²) in [5.41, 5.74) is 10.3. The van der Waals surface area contributed by atoms with Gasteiger partial charge in [0.15, 0.2) is 0 Å². The molecule has 8 nitrogen and oxygen atoms in total. The molecule has 4 rings (SSSR count). The molecule has 0 aliphatic heterocycles. The number of urea groups is 1. The number of carbonyl (C=O) groups excluding carboxylic acids is 1. The number of unbranched alkanes of at least 4 members (excludes halogenated alkanes) is 1. The second kappa shape index (κ2) is 10.1. The summed E-state index contributed by atoms with van der Waals surface area (Å²) in [7, 11) is 0. The molecule has 1 heterocycles. The number of benzene rings is 3. The summed E-state index contributed by atoms with van der Waals surface area (Å²) in [5.74, 6) is 1.28. The Labute approximate surface area is 197 Å². The molecule has 0 atom stereocenters. The Morgan fingerprint density at radius 3 is 2.56 bits per heavy atom. The third-order valence-corrected chi connectivity index (χ3v) is 5.54. The highest BCUT2D eigenvalue weighted by atomic mass is 16.7. The molecule has 3 aromatic carbocycles. The summed E-state index contributed by atoms with van der Waals surface area (Å²) in [6.45, 7) is 2.75. The lowest BCUT2D eigenvalue weighted by atomic mass is 10.0. The smallest absolute Gasteiger partial charge is 0.449 e. The Hall–Kier alpha value is -4.33. The number of carbonyl (C=O) groups is 2. The van der Waals surface area contributed by atoms with Gasteiger partial charge < -0.3 is 25.5 Å². The van der Waals surface area contributed by atoms with Gasteiger partial charge in [-0.05, 0) is 41.8 Å². The Balaban J connectivity index is 1.66. The van der Waals surface area contributed by atoms with Gasteiger partial charge in [0.25, 0.3) is 0 Å². The lowest BCUT2D eigenvalue weighted by Gasteiger charge is -2.12. The fourth-order valence-electron chi connectivity index (χ4n) is 3.96. The van der Waals surface area contributed by atoms with E-state index in [9.17, 15) is 9.59 Å². The minimum atomic E-state index is -1.35. The Bertz CT molecular complexity index is 1330. The second-order valence-electron chi connectivity index (χ2n) is 7.97. The molecule has 0 unspecified atom stereocenters. The number of hydrogen-bond acceptors (Lipinski definition) is 4. The van der Waals surface area contributed by atoms with Gasteiger partial charge in [-0.25, -0.2) is 14.6 Å². The molecule has 0 saturated heterocycles. The van der Waals surface area contributed by atoms with E-state index in [1.54, 1.807) is 18.2 Å². The summed E-state index contributed by atoms with van der Waals surface area (Å²) >= 11 is 0. The predicted molar refractivity (Wildman–Crippen MR) is 131 cm³/mol. The number of amides is 2. The number of imidazole rings is 1. The van der Waals surface area contributed by atoms with Gasteiger partial charge in [0.2, 0.25) is 0 Å². The van der Waals surface area contributed by atoms with Crippen LogP contribution in [-0.4, -0.2) is 26.8 Å². The molecule has 0 aliphatic carbocycles. The first-order valence-electron chi connectivity index (χ1n) is 11.1. The van der Waals surface area contributed by atoms with Crippen LogP contribution in [0.1, 0.15) is 31.2 Å². The van der Waals surface area contributed by atoms with Crippen LogP contribution in [0.15, 0.2) is 66.7 Å². The maximum Gasteiger partial charge on any atom is 0.511 e. The number of primary amides is 1. The van der Waals surface area contributed by atoms with Crippen molar-refractivity contribution < 1.29 is 19.4 Å². The zero-order chi connectivity index (χ0) is 24.1. The maximum atomic E-state index is 11.3. The number of ether oxygens (including phenoxy) is 1. The average Bonchev–Trinajstić information content (AvgIpc) is 3.14. The van der Waals surface area contributed by atoms with Crippen LogP contribution in [0, 0.1) is 0 Å². The van der Waals surface area contributed by atoms with Gasteiger partial charge in [-0.15, -0.1) is 0 Å². The van der Waals surface area contributed by atoms with Crippen LogP contribution >= 0.6 is 0 Å². The summed E-state index contributed by atoms with van der Waals surface area (Å²) in [4.78, 5) is 27.1. The van der Waals surface area contributed by atoms with Crippen LogP contribution in [0.4, 0.5) is 15.3 Å². The minimum absolute atomic E-state index is 0.291. The van der Waals surface area contributed by atoms with Crippen molar-refractivity contribution >= 4 is 28.9 Å². The molecule has 4 aromatic rings. The first-order chi connectivity index (χ1) is 16.4. The highest BCUT2D eigenvalue weighted by Crippen LogP contribution is 2.30. The van der Waals surface area contributed by atoms with E-state index in [0.29, 0.717) is 23.5 Å². The largest absolute Gasteiger partial charge is 0.511 e. The van der Waals surface area contributed by atoms with Gasteiger partial charge in [0.1, 0.15) is 11.6 Å². The topological polar surface area (TPSA) is 119 Å². The van der Waals surface area contributed by atoms with Crippen molar-refractivity contribution in [2.24, 2.45) is 5.73 Å².